The summed E-state index contributed by atoms with van der Waals surface area (Å²) in [7, 11) is 0. The molecule has 1 aromatic rings. The summed E-state index contributed by atoms with van der Waals surface area (Å²) >= 11 is 5.95. The maximum atomic E-state index is 11.6. The van der Waals surface area contributed by atoms with Gasteiger partial charge in [-0.05, 0) is 18.6 Å². The van der Waals surface area contributed by atoms with E-state index in [0.29, 0.717) is 11.6 Å². The molecular formula is C12H15ClN2O2. The van der Waals surface area contributed by atoms with Crippen molar-refractivity contribution in [2.75, 3.05) is 0 Å². The van der Waals surface area contributed by atoms with Gasteiger partial charge in [-0.15, -0.1) is 0 Å². The first-order chi connectivity index (χ1) is 8.00. The van der Waals surface area contributed by atoms with E-state index in [9.17, 15) is 9.59 Å². The third-order valence-electron chi connectivity index (χ3n) is 2.22. The minimum absolute atomic E-state index is 0.231. The average molecular weight is 255 g/mol. The topological polar surface area (TPSA) is 58.2 Å². The molecule has 0 aliphatic rings. The van der Waals surface area contributed by atoms with Crippen LogP contribution in [0.2, 0.25) is 5.02 Å². The van der Waals surface area contributed by atoms with Gasteiger partial charge in [0.15, 0.2) is 0 Å². The summed E-state index contributed by atoms with van der Waals surface area (Å²) in [6.45, 7) is 3.35. The second-order valence-electron chi connectivity index (χ2n) is 3.73. The van der Waals surface area contributed by atoms with Gasteiger partial charge in [-0.2, -0.15) is 0 Å². The molecule has 0 radical (unpaired) electrons. The van der Waals surface area contributed by atoms with Gasteiger partial charge in [-0.25, -0.2) is 0 Å². The second kappa shape index (κ2) is 6.25. The Hall–Kier alpha value is -1.55. The van der Waals surface area contributed by atoms with Crippen LogP contribution in [0, 0.1) is 0 Å². The van der Waals surface area contributed by atoms with Gasteiger partial charge >= 0.3 is 0 Å². The Morgan fingerprint density at radius 1 is 1.35 bits per heavy atom. The standard InChI is InChI=1S/C12H15ClN2O2/c1-8(15-9(2)16)12(17)14-7-10-5-3-4-6-11(10)13/h3-6,8H,7H2,1-2H3,(H,14,17)(H,15,16)/t8-/m0/s1. The lowest BCUT2D eigenvalue weighted by atomic mass is 10.2. The lowest BCUT2D eigenvalue weighted by molar-refractivity contribution is -0.127. The summed E-state index contributed by atoms with van der Waals surface area (Å²) in [6.07, 6.45) is 0. The number of hydrogen-bond acceptors (Lipinski definition) is 2. The number of rotatable bonds is 4. The Morgan fingerprint density at radius 3 is 2.59 bits per heavy atom. The number of amides is 2. The summed E-state index contributed by atoms with van der Waals surface area (Å²) in [5.74, 6) is -0.467. The van der Waals surface area contributed by atoms with Gasteiger partial charge in [0.2, 0.25) is 11.8 Å². The molecule has 0 heterocycles. The summed E-state index contributed by atoms with van der Waals surface area (Å²) in [5, 5.41) is 5.83. The SMILES string of the molecule is CC(=O)N[C@@H](C)C(=O)NCc1ccccc1Cl. The van der Waals surface area contributed by atoms with E-state index in [1.54, 1.807) is 13.0 Å². The van der Waals surface area contributed by atoms with E-state index in [2.05, 4.69) is 10.6 Å². The number of nitrogens with one attached hydrogen (secondary N) is 2. The van der Waals surface area contributed by atoms with Gasteiger partial charge in [0.25, 0.3) is 0 Å². The first-order valence-electron chi connectivity index (χ1n) is 5.29. The molecule has 0 unspecified atom stereocenters. The molecule has 0 saturated heterocycles. The van der Waals surface area contributed by atoms with Crippen molar-refractivity contribution in [1.82, 2.24) is 10.6 Å². The van der Waals surface area contributed by atoms with Gasteiger partial charge in [0, 0.05) is 18.5 Å². The van der Waals surface area contributed by atoms with Crippen LogP contribution in [-0.4, -0.2) is 17.9 Å². The summed E-state index contributed by atoms with van der Waals surface area (Å²) in [4.78, 5) is 22.4. The molecule has 1 aromatic carbocycles. The molecule has 4 nitrogen and oxygen atoms in total. The molecule has 2 amide bonds. The number of carbonyl (C=O) groups excluding carboxylic acids is 2. The average Bonchev–Trinajstić information content (AvgIpc) is 2.26. The molecule has 1 rings (SSSR count). The van der Waals surface area contributed by atoms with Crippen LogP contribution in [0.25, 0.3) is 0 Å². The van der Waals surface area contributed by atoms with Crippen LogP contribution >= 0.6 is 11.6 Å². The largest absolute Gasteiger partial charge is 0.350 e. The van der Waals surface area contributed by atoms with Crippen molar-refractivity contribution < 1.29 is 9.59 Å². The Bertz CT molecular complexity index is 421. The zero-order valence-electron chi connectivity index (χ0n) is 9.79. The van der Waals surface area contributed by atoms with Crippen molar-refractivity contribution >= 4 is 23.4 Å². The van der Waals surface area contributed by atoms with Crippen molar-refractivity contribution in [2.45, 2.75) is 26.4 Å². The lowest BCUT2D eigenvalue weighted by Crippen LogP contribution is -2.43. The Morgan fingerprint density at radius 2 is 2.00 bits per heavy atom. The first-order valence-corrected chi connectivity index (χ1v) is 5.66. The highest BCUT2D eigenvalue weighted by Crippen LogP contribution is 2.14. The maximum absolute atomic E-state index is 11.6. The zero-order chi connectivity index (χ0) is 12.8. The van der Waals surface area contributed by atoms with E-state index in [1.165, 1.54) is 6.92 Å². The van der Waals surface area contributed by atoms with Crippen molar-refractivity contribution in [2.24, 2.45) is 0 Å². The highest BCUT2D eigenvalue weighted by atomic mass is 35.5. The van der Waals surface area contributed by atoms with Crippen molar-refractivity contribution in [3.63, 3.8) is 0 Å². The Labute approximate surface area is 105 Å². The molecule has 17 heavy (non-hydrogen) atoms. The summed E-state index contributed by atoms with van der Waals surface area (Å²) < 4.78 is 0. The third-order valence-corrected chi connectivity index (χ3v) is 2.59. The third kappa shape index (κ3) is 4.44. The van der Waals surface area contributed by atoms with E-state index in [1.807, 2.05) is 18.2 Å². The van der Waals surface area contributed by atoms with E-state index in [4.69, 9.17) is 11.6 Å². The van der Waals surface area contributed by atoms with E-state index in [-0.39, 0.29) is 11.8 Å². The number of benzene rings is 1. The Balaban J connectivity index is 2.48. The van der Waals surface area contributed by atoms with E-state index >= 15 is 0 Å². The number of carbonyl (C=O) groups is 2. The fraction of sp³-hybridized carbons (Fsp3) is 0.333. The fourth-order valence-corrected chi connectivity index (χ4v) is 1.55. The highest BCUT2D eigenvalue weighted by molar-refractivity contribution is 6.31. The lowest BCUT2D eigenvalue weighted by Gasteiger charge is -2.13. The van der Waals surface area contributed by atoms with Crippen molar-refractivity contribution in [1.29, 1.82) is 0 Å². The van der Waals surface area contributed by atoms with Gasteiger partial charge < -0.3 is 10.6 Å². The second-order valence-corrected chi connectivity index (χ2v) is 4.14. The van der Waals surface area contributed by atoms with Gasteiger partial charge in [-0.1, -0.05) is 29.8 Å². The van der Waals surface area contributed by atoms with Gasteiger partial charge in [0.05, 0.1) is 0 Å². The van der Waals surface area contributed by atoms with Crippen LogP contribution in [0.3, 0.4) is 0 Å². The summed E-state index contributed by atoms with van der Waals surface area (Å²) in [5.41, 5.74) is 0.845. The highest BCUT2D eigenvalue weighted by Gasteiger charge is 2.13. The molecule has 0 aromatic heterocycles. The van der Waals surface area contributed by atoms with Crippen LogP contribution < -0.4 is 10.6 Å². The monoisotopic (exact) mass is 254 g/mol. The van der Waals surface area contributed by atoms with Crippen molar-refractivity contribution in [3.8, 4) is 0 Å². The van der Waals surface area contributed by atoms with Crippen LogP contribution in [0.5, 0.6) is 0 Å². The van der Waals surface area contributed by atoms with Crippen molar-refractivity contribution in [3.05, 3.63) is 34.9 Å². The molecule has 0 bridgehead atoms. The van der Waals surface area contributed by atoms with Gasteiger partial charge in [-0.3, -0.25) is 9.59 Å². The molecule has 0 spiro atoms. The smallest absolute Gasteiger partial charge is 0.242 e. The first kappa shape index (κ1) is 13.5. The maximum Gasteiger partial charge on any atom is 0.242 e. The fourth-order valence-electron chi connectivity index (χ4n) is 1.35. The van der Waals surface area contributed by atoms with Gasteiger partial charge in [0.1, 0.15) is 6.04 Å². The van der Waals surface area contributed by atoms with E-state index < -0.39 is 6.04 Å². The predicted octanol–water partition coefficient (Wildman–Crippen LogP) is 1.48. The van der Waals surface area contributed by atoms with Crippen LogP contribution in [-0.2, 0) is 16.1 Å². The van der Waals surface area contributed by atoms with E-state index in [0.717, 1.165) is 5.56 Å². The molecule has 5 heteroatoms. The molecule has 2 N–H and O–H groups in total. The normalized spacial score (nSPS) is 11.7. The molecule has 0 saturated carbocycles. The molecular weight excluding hydrogens is 240 g/mol. The Kier molecular flexibility index (Phi) is 4.97. The number of halogens is 1. The molecule has 92 valence electrons. The minimum atomic E-state index is -0.546. The van der Waals surface area contributed by atoms with Crippen LogP contribution in [0.4, 0.5) is 0 Å². The van der Waals surface area contributed by atoms with Crippen LogP contribution in [0.15, 0.2) is 24.3 Å². The minimum Gasteiger partial charge on any atom is -0.350 e. The molecule has 0 aliphatic carbocycles. The zero-order valence-corrected chi connectivity index (χ0v) is 10.5. The quantitative estimate of drug-likeness (QED) is 0.855. The predicted molar refractivity (Wildman–Crippen MR) is 66.6 cm³/mol. The molecule has 1 atom stereocenters. The summed E-state index contributed by atoms with van der Waals surface area (Å²) in [6, 6.07) is 6.74. The molecule has 0 fully saturated rings. The van der Waals surface area contributed by atoms with Crippen LogP contribution in [0.1, 0.15) is 19.4 Å². The molecule has 0 aliphatic heterocycles. The number of hydrogen-bond donors (Lipinski definition) is 2.